The molecular weight excluding hydrogens is 256 g/mol. The van der Waals surface area contributed by atoms with Gasteiger partial charge in [-0.1, -0.05) is 44.9 Å². The minimum Gasteiger partial charge on any atom is -0.318 e. The zero-order chi connectivity index (χ0) is 15.2. The van der Waals surface area contributed by atoms with Gasteiger partial charge in [0.25, 0.3) is 0 Å². The Kier molecular flexibility index (Phi) is 5.63. The average molecular weight is 284 g/mol. The number of aryl methyl sites for hydroxylation is 1. The highest BCUT2D eigenvalue weighted by molar-refractivity contribution is 5.40. The van der Waals surface area contributed by atoms with Gasteiger partial charge in [-0.25, -0.2) is 0 Å². The number of para-hydroxylation sites is 1. The van der Waals surface area contributed by atoms with Crippen molar-refractivity contribution in [2.24, 2.45) is 5.92 Å². The number of rotatable bonds is 7. The highest BCUT2D eigenvalue weighted by atomic mass is 15.0. The standard InChI is InChI=1S/C19H28N2/c1-5-17(6-2)13-20-14-18-12-15(3)21(16(18)4)19-10-8-7-9-11-19/h7-12,17,20H,5-6,13-14H2,1-4H3. The minimum atomic E-state index is 0.794. The molecule has 0 aliphatic carbocycles. The molecule has 2 heteroatoms. The Morgan fingerprint density at radius 1 is 1.05 bits per heavy atom. The van der Waals surface area contributed by atoms with Crippen LogP contribution in [0.1, 0.15) is 43.6 Å². The van der Waals surface area contributed by atoms with Crippen LogP contribution in [-0.4, -0.2) is 11.1 Å². The normalized spacial score (nSPS) is 11.3. The van der Waals surface area contributed by atoms with E-state index in [2.05, 4.69) is 74.0 Å². The number of aromatic nitrogens is 1. The topological polar surface area (TPSA) is 17.0 Å². The van der Waals surface area contributed by atoms with Crippen LogP contribution >= 0.6 is 0 Å². The predicted octanol–water partition coefficient (Wildman–Crippen LogP) is 4.62. The average Bonchev–Trinajstić information content (AvgIpc) is 2.79. The summed E-state index contributed by atoms with van der Waals surface area (Å²) < 4.78 is 2.34. The molecule has 0 saturated carbocycles. The second-order valence-corrected chi connectivity index (χ2v) is 5.88. The second kappa shape index (κ2) is 7.46. The fourth-order valence-electron chi connectivity index (χ4n) is 2.97. The van der Waals surface area contributed by atoms with Gasteiger partial charge in [0, 0.05) is 23.6 Å². The summed E-state index contributed by atoms with van der Waals surface area (Å²) in [5.74, 6) is 0.794. The van der Waals surface area contributed by atoms with E-state index in [-0.39, 0.29) is 0 Å². The van der Waals surface area contributed by atoms with Crippen molar-refractivity contribution in [3.8, 4) is 5.69 Å². The number of hydrogen-bond donors (Lipinski definition) is 1. The van der Waals surface area contributed by atoms with Crippen LogP contribution in [0.5, 0.6) is 0 Å². The molecule has 0 fully saturated rings. The molecule has 2 aromatic rings. The van der Waals surface area contributed by atoms with Gasteiger partial charge in [0.05, 0.1) is 0 Å². The number of hydrogen-bond acceptors (Lipinski definition) is 1. The molecule has 2 rings (SSSR count). The SMILES string of the molecule is CCC(CC)CNCc1cc(C)n(-c2ccccc2)c1C. The molecule has 0 radical (unpaired) electrons. The first-order chi connectivity index (χ1) is 10.2. The second-order valence-electron chi connectivity index (χ2n) is 5.88. The lowest BCUT2D eigenvalue weighted by atomic mass is 10.0. The number of nitrogens with zero attached hydrogens (tertiary/aromatic N) is 1. The van der Waals surface area contributed by atoms with E-state index in [0.29, 0.717) is 0 Å². The Morgan fingerprint density at radius 2 is 1.71 bits per heavy atom. The minimum absolute atomic E-state index is 0.794. The van der Waals surface area contributed by atoms with Gasteiger partial charge in [-0.3, -0.25) is 0 Å². The lowest BCUT2D eigenvalue weighted by Crippen LogP contribution is -2.21. The zero-order valence-corrected chi connectivity index (χ0v) is 13.8. The van der Waals surface area contributed by atoms with Gasteiger partial charge in [-0.2, -0.15) is 0 Å². The molecule has 21 heavy (non-hydrogen) atoms. The molecule has 0 aliphatic rings. The lowest BCUT2D eigenvalue weighted by Gasteiger charge is -2.13. The summed E-state index contributed by atoms with van der Waals surface area (Å²) in [6.07, 6.45) is 2.51. The fraction of sp³-hybridized carbons (Fsp3) is 0.474. The number of nitrogens with one attached hydrogen (secondary N) is 1. The van der Waals surface area contributed by atoms with Crippen LogP contribution in [0, 0.1) is 19.8 Å². The third-order valence-electron chi connectivity index (χ3n) is 4.45. The Balaban J connectivity index is 2.09. The number of benzene rings is 1. The van der Waals surface area contributed by atoms with Crippen LogP contribution in [-0.2, 0) is 6.54 Å². The van der Waals surface area contributed by atoms with Crippen LogP contribution in [0.3, 0.4) is 0 Å². The van der Waals surface area contributed by atoms with Gasteiger partial charge in [-0.05, 0) is 50.1 Å². The molecule has 1 aromatic carbocycles. The highest BCUT2D eigenvalue weighted by Crippen LogP contribution is 2.20. The molecule has 114 valence electrons. The van der Waals surface area contributed by atoms with Crippen LogP contribution in [0.25, 0.3) is 5.69 Å². The van der Waals surface area contributed by atoms with E-state index in [1.807, 2.05) is 0 Å². The van der Waals surface area contributed by atoms with Crippen LogP contribution in [0.2, 0.25) is 0 Å². The van der Waals surface area contributed by atoms with E-state index < -0.39 is 0 Å². The van der Waals surface area contributed by atoms with E-state index in [9.17, 15) is 0 Å². The first-order valence-corrected chi connectivity index (χ1v) is 8.11. The van der Waals surface area contributed by atoms with Gasteiger partial charge in [0.1, 0.15) is 0 Å². The maximum atomic E-state index is 3.62. The van der Waals surface area contributed by atoms with Gasteiger partial charge >= 0.3 is 0 Å². The van der Waals surface area contributed by atoms with Crippen molar-refractivity contribution in [1.82, 2.24) is 9.88 Å². The molecular formula is C19H28N2. The van der Waals surface area contributed by atoms with Crippen molar-refractivity contribution in [2.45, 2.75) is 47.1 Å². The van der Waals surface area contributed by atoms with E-state index in [0.717, 1.165) is 19.0 Å². The summed E-state index contributed by atoms with van der Waals surface area (Å²) in [7, 11) is 0. The molecule has 0 amide bonds. The molecule has 1 N–H and O–H groups in total. The van der Waals surface area contributed by atoms with Crippen LogP contribution in [0.4, 0.5) is 0 Å². The van der Waals surface area contributed by atoms with Crippen LogP contribution < -0.4 is 5.32 Å². The summed E-state index contributed by atoms with van der Waals surface area (Å²) in [5, 5.41) is 3.62. The summed E-state index contributed by atoms with van der Waals surface area (Å²) in [6.45, 7) is 11.0. The van der Waals surface area contributed by atoms with E-state index in [1.54, 1.807) is 0 Å². The largest absolute Gasteiger partial charge is 0.318 e. The maximum absolute atomic E-state index is 3.62. The lowest BCUT2D eigenvalue weighted by molar-refractivity contribution is 0.449. The smallest absolute Gasteiger partial charge is 0.0455 e. The Hall–Kier alpha value is -1.54. The van der Waals surface area contributed by atoms with E-state index in [1.165, 1.54) is 35.5 Å². The summed E-state index contributed by atoms with van der Waals surface area (Å²) >= 11 is 0. The summed E-state index contributed by atoms with van der Waals surface area (Å²) in [5.41, 5.74) is 5.30. The Morgan fingerprint density at radius 3 is 2.33 bits per heavy atom. The van der Waals surface area contributed by atoms with Crippen molar-refractivity contribution in [2.75, 3.05) is 6.54 Å². The quantitative estimate of drug-likeness (QED) is 0.785. The molecule has 0 spiro atoms. The molecule has 0 bridgehead atoms. The molecule has 0 unspecified atom stereocenters. The van der Waals surface area contributed by atoms with Crippen molar-refractivity contribution >= 4 is 0 Å². The van der Waals surface area contributed by atoms with Crippen molar-refractivity contribution in [3.63, 3.8) is 0 Å². The summed E-state index contributed by atoms with van der Waals surface area (Å²) in [4.78, 5) is 0. The van der Waals surface area contributed by atoms with Crippen molar-refractivity contribution in [1.29, 1.82) is 0 Å². The van der Waals surface area contributed by atoms with Crippen molar-refractivity contribution in [3.05, 3.63) is 53.3 Å². The van der Waals surface area contributed by atoms with Crippen molar-refractivity contribution < 1.29 is 0 Å². The predicted molar refractivity (Wildman–Crippen MR) is 91.0 cm³/mol. The molecule has 0 aliphatic heterocycles. The van der Waals surface area contributed by atoms with Crippen LogP contribution in [0.15, 0.2) is 36.4 Å². The van der Waals surface area contributed by atoms with E-state index >= 15 is 0 Å². The fourth-order valence-corrected chi connectivity index (χ4v) is 2.97. The van der Waals surface area contributed by atoms with E-state index in [4.69, 9.17) is 0 Å². The first-order valence-electron chi connectivity index (χ1n) is 8.11. The van der Waals surface area contributed by atoms with Gasteiger partial charge < -0.3 is 9.88 Å². The van der Waals surface area contributed by atoms with Gasteiger partial charge in [0.15, 0.2) is 0 Å². The Bertz CT molecular complexity index is 550. The molecule has 1 aromatic heterocycles. The first kappa shape index (κ1) is 15.8. The third-order valence-corrected chi connectivity index (χ3v) is 4.45. The Labute approximate surface area is 129 Å². The zero-order valence-electron chi connectivity index (χ0n) is 13.8. The molecule has 1 heterocycles. The maximum Gasteiger partial charge on any atom is 0.0455 e. The molecule has 0 atom stereocenters. The summed E-state index contributed by atoms with van der Waals surface area (Å²) in [6, 6.07) is 12.9. The monoisotopic (exact) mass is 284 g/mol. The van der Waals surface area contributed by atoms with Gasteiger partial charge in [0.2, 0.25) is 0 Å². The highest BCUT2D eigenvalue weighted by Gasteiger charge is 2.10. The molecule has 2 nitrogen and oxygen atoms in total. The van der Waals surface area contributed by atoms with Gasteiger partial charge in [-0.15, -0.1) is 0 Å². The third kappa shape index (κ3) is 3.76. The molecule has 0 saturated heterocycles.